The van der Waals surface area contributed by atoms with Gasteiger partial charge in [0.2, 0.25) is 0 Å². The largest absolute Gasteiger partial charge is 0.520 e. The van der Waals surface area contributed by atoms with Crippen LogP contribution in [0.15, 0.2) is 0 Å². The molecule has 0 saturated carbocycles. The number of piperidine rings is 1. The number of hydrogen-bond donors (Lipinski definition) is 1. The van der Waals surface area contributed by atoms with Crippen molar-refractivity contribution in [1.82, 2.24) is 15.1 Å². The fourth-order valence-corrected chi connectivity index (χ4v) is 2.09. The summed E-state index contributed by atoms with van der Waals surface area (Å²) >= 11 is 0. The summed E-state index contributed by atoms with van der Waals surface area (Å²) in [4.78, 5) is 14.6. The first-order valence-corrected chi connectivity index (χ1v) is 5.75. The average molecular weight is 301 g/mol. The third-order valence-electron chi connectivity index (χ3n) is 3.15. The summed E-state index contributed by atoms with van der Waals surface area (Å²) in [5.41, 5.74) is 0. The fourth-order valence-electron chi connectivity index (χ4n) is 2.09. The molecule has 0 spiro atoms. The normalized spacial score (nSPS) is 17.3. The van der Waals surface area contributed by atoms with E-state index < -0.39 is 0 Å². The Labute approximate surface area is 124 Å². The number of likely N-dealkylation sites (tertiary alicyclic amines) is 1. The molecular weight excluding hydrogens is 279 g/mol. The molecule has 1 N–H and O–H groups in total. The molecule has 1 heterocycles. The molecule has 0 aromatic rings. The minimum atomic E-state index is 0. The van der Waals surface area contributed by atoms with Gasteiger partial charge in [-0.25, -0.2) is 0 Å². The average Bonchev–Trinajstić information content (AvgIpc) is 2.29. The predicted octanol–water partition coefficient (Wildman–Crippen LogP) is 0.0568. The number of nitrogens with one attached hydrogen (secondary N) is 1. The first-order valence-electron chi connectivity index (χ1n) is 5.75. The molecule has 5 heteroatoms. The van der Waals surface area contributed by atoms with Gasteiger partial charge in [0.1, 0.15) is 0 Å². The Bertz CT molecular complexity index is 184. The van der Waals surface area contributed by atoms with E-state index in [2.05, 4.69) is 17.3 Å². The van der Waals surface area contributed by atoms with Gasteiger partial charge < -0.3 is 19.9 Å². The van der Waals surface area contributed by atoms with E-state index in [1.807, 2.05) is 13.5 Å². The first kappa shape index (κ1) is 16.5. The van der Waals surface area contributed by atoms with Gasteiger partial charge in [-0.2, -0.15) is 6.41 Å². The molecule has 0 aliphatic carbocycles. The monoisotopic (exact) mass is 301 g/mol. The molecule has 0 atom stereocenters. The van der Waals surface area contributed by atoms with Crippen LogP contribution in [0.2, 0.25) is 0 Å². The van der Waals surface area contributed by atoms with Gasteiger partial charge >= 0.3 is 0 Å². The Balaban J connectivity index is 0.00000225. The number of carbonyl (C=O) groups excluding carboxylic acids is 1. The van der Waals surface area contributed by atoms with Crippen LogP contribution in [-0.2, 0) is 37.5 Å². The minimum absolute atomic E-state index is 0. The molecule has 0 aromatic carbocycles. The number of hydrogen-bond acceptors (Lipinski definition) is 3. The second-order valence-corrected chi connectivity index (χ2v) is 4.25. The second-order valence-electron chi connectivity index (χ2n) is 4.25. The summed E-state index contributed by atoms with van der Waals surface area (Å²) < 4.78 is 0. The molecule has 4 nitrogen and oxygen atoms in total. The van der Waals surface area contributed by atoms with Crippen LogP contribution in [0.25, 0.3) is 0 Å². The first-order chi connectivity index (χ1) is 7.27. The van der Waals surface area contributed by atoms with Crippen molar-refractivity contribution < 1.29 is 37.5 Å². The van der Waals surface area contributed by atoms with Crippen LogP contribution in [0.4, 0.5) is 0 Å². The summed E-state index contributed by atoms with van der Waals surface area (Å²) in [5, 5.41) is 3.16. The Morgan fingerprint density at radius 1 is 1.44 bits per heavy atom. The number of nitrogens with zero attached hydrogens (tertiary/aromatic N) is 2. The number of rotatable bonds is 6. The summed E-state index contributed by atoms with van der Waals surface area (Å²) in [6.07, 6.45) is 5.34. The van der Waals surface area contributed by atoms with Crippen LogP contribution in [0.3, 0.4) is 0 Å². The molecule has 1 fully saturated rings. The van der Waals surface area contributed by atoms with E-state index in [-0.39, 0.29) is 32.7 Å². The quantitative estimate of drug-likeness (QED) is 0.556. The van der Waals surface area contributed by atoms with Gasteiger partial charge in [0, 0.05) is 38.8 Å². The zero-order valence-corrected chi connectivity index (χ0v) is 13.2. The Morgan fingerprint density at radius 3 is 2.56 bits per heavy atom. The maximum Gasteiger partial charge on any atom is 0.0124 e. The predicted molar refractivity (Wildman–Crippen MR) is 61.5 cm³/mol. The maximum absolute atomic E-state index is 10.4. The minimum Gasteiger partial charge on any atom is -0.520 e. The number of amides is 1. The van der Waals surface area contributed by atoms with Crippen molar-refractivity contribution in [3.63, 3.8) is 0 Å². The molecule has 0 aromatic heterocycles. The van der Waals surface area contributed by atoms with Gasteiger partial charge in [0.05, 0.1) is 0 Å². The molecule has 1 rings (SSSR count). The summed E-state index contributed by atoms with van der Waals surface area (Å²) in [6, 6.07) is 0.645. The van der Waals surface area contributed by atoms with E-state index in [4.69, 9.17) is 0 Å². The Morgan fingerprint density at radius 2 is 2.06 bits per heavy atom. The zero-order chi connectivity index (χ0) is 11.1. The Hall–Kier alpha value is 0.494. The second kappa shape index (κ2) is 9.52. The zero-order valence-electron chi connectivity index (χ0n) is 10.4. The molecule has 16 heavy (non-hydrogen) atoms. The summed E-state index contributed by atoms with van der Waals surface area (Å²) in [5.74, 6) is 0. The molecular formula is C11H22N3OY-. The molecule has 0 unspecified atom stereocenters. The van der Waals surface area contributed by atoms with Crippen molar-refractivity contribution in [2.24, 2.45) is 0 Å². The third-order valence-corrected chi connectivity index (χ3v) is 3.15. The smallest absolute Gasteiger partial charge is 0.0124 e. The van der Waals surface area contributed by atoms with Crippen LogP contribution in [0, 0.1) is 0 Å². The van der Waals surface area contributed by atoms with Crippen molar-refractivity contribution in [2.75, 3.05) is 40.3 Å². The SMILES string of the molecule is CNCCCN(C)C1CCN([C-]=O)CC1.[Y]. The van der Waals surface area contributed by atoms with Crippen LogP contribution in [-0.4, -0.2) is 62.5 Å². The van der Waals surface area contributed by atoms with E-state index >= 15 is 0 Å². The topological polar surface area (TPSA) is 35.6 Å². The molecule has 1 radical (unpaired) electrons. The van der Waals surface area contributed by atoms with Crippen LogP contribution < -0.4 is 5.32 Å². The van der Waals surface area contributed by atoms with E-state index in [0.29, 0.717) is 6.04 Å². The summed E-state index contributed by atoms with van der Waals surface area (Å²) in [7, 11) is 4.17. The van der Waals surface area contributed by atoms with Gasteiger partial charge in [-0.1, -0.05) is 0 Å². The standard InChI is InChI=1S/C11H22N3O.Y/c1-12-6-3-7-13(2)11-4-8-14(10-15)9-5-11;/h11-12H,3-9H2,1-2H3;/q-1;. The van der Waals surface area contributed by atoms with Gasteiger partial charge in [0.15, 0.2) is 0 Å². The van der Waals surface area contributed by atoms with Crippen molar-refractivity contribution in [3.05, 3.63) is 0 Å². The van der Waals surface area contributed by atoms with Gasteiger partial charge in [-0.3, -0.25) is 0 Å². The van der Waals surface area contributed by atoms with Crippen molar-refractivity contribution in [3.8, 4) is 0 Å². The van der Waals surface area contributed by atoms with Gasteiger partial charge in [0.25, 0.3) is 0 Å². The summed E-state index contributed by atoms with van der Waals surface area (Å²) in [6.45, 7) is 3.94. The molecule has 91 valence electrons. The van der Waals surface area contributed by atoms with Gasteiger partial charge in [-0.05, 0) is 59.5 Å². The Kier molecular flexibility index (Phi) is 9.81. The molecule has 1 aliphatic heterocycles. The van der Waals surface area contributed by atoms with Crippen molar-refractivity contribution in [1.29, 1.82) is 0 Å². The molecule has 1 saturated heterocycles. The van der Waals surface area contributed by atoms with E-state index in [1.165, 1.54) is 6.42 Å². The molecule has 0 bridgehead atoms. The van der Waals surface area contributed by atoms with E-state index in [0.717, 1.165) is 39.0 Å². The van der Waals surface area contributed by atoms with Gasteiger partial charge in [-0.15, -0.1) is 0 Å². The van der Waals surface area contributed by atoms with Crippen molar-refractivity contribution >= 4 is 6.41 Å². The van der Waals surface area contributed by atoms with Crippen LogP contribution in [0.5, 0.6) is 0 Å². The van der Waals surface area contributed by atoms with Crippen molar-refractivity contribution in [2.45, 2.75) is 25.3 Å². The van der Waals surface area contributed by atoms with Crippen LogP contribution >= 0.6 is 0 Å². The molecule has 1 aliphatic rings. The van der Waals surface area contributed by atoms with E-state index in [9.17, 15) is 4.79 Å². The third kappa shape index (κ3) is 5.71. The maximum atomic E-state index is 10.4. The van der Waals surface area contributed by atoms with E-state index in [1.54, 1.807) is 4.90 Å². The van der Waals surface area contributed by atoms with Crippen LogP contribution in [0.1, 0.15) is 19.3 Å². The molecule has 1 amide bonds. The fraction of sp³-hybridized carbons (Fsp3) is 0.909.